The van der Waals surface area contributed by atoms with Crippen molar-refractivity contribution in [3.63, 3.8) is 0 Å². The molecule has 0 bridgehead atoms. The first-order valence-corrected chi connectivity index (χ1v) is 9.60. The normalized spacial score (nSPS) is 11.3. The molecule has 0 atom stereocenters. The van der Waals surface area contributed by atoms with Crippen LogP contribution in [0.5, 0.6) is 5.75 Å². The average Bonchev–Trinajstić information content (AvgIpc) is 2.44. The first-order valence-electron chi connectivity index (χ1n) is 7.75. The third-order valence-electron chi connectivity index (χ3n) is 3.04. The van der Waals surface area contributed by atoms with Gasteiger partial charge in [-0.25, -0.2) is 8.42 Å². The topological polar surface area (TPSA) is 75.7 Å². The van der Waals surface area contributed by atoms with Crippen molar-refractivity contribution in [2.45, 2.75) is 39.7 Å². The van der Waals surface area contributed by atoms with Gasteiger partial charge in [-0.3, -0.25) is 9.10 Å². The van der Waals surface area contributed by atoms with Crippen molar-refractivity contribution in [1.29, 1.82) is 0 Å². The molecule has 0 aliphatic heterocycles. The quantitative estimate of drug-likeness (QED) is 0.698. The number of nitrogens with zero attached hydrogens (tertiary/aromatic N) is 1. The Balaban J connectivity index is 3.02. The number of unbranched alkanes of at least 4 members (excludes halogenated alkanes) is 1. The van der Waals surface area contributed by atoms with E-state index in [0.717, 1.165) is 23.4 Å². The van der Waals surface area contributed by atoms with E-state index in [0.29, 0.717) is 18.0 Å². The highest BCUT2D eigenvalue weighted by Crippen LogP contribution is 2.30. The van der Waals surface area contributed by atoms with E-state index in [1.165, 1.54) is 0 Å². The van der Waals surface area contributed by atoms with Crippen LogP contribution in [0.15, 0.2) is 24.3 Å². The summed E-state index contributed by atoms with van der Waals surface area (Å²) >= 11 is 0. The van der Waals surface area contributed by atoms with Crippen molar-refractivity contribution < 1.29 is 17.9 Å². The Morgan fingerprint density at radius 3 is 2.52 bits per heavy atom. The largest absolute Gasteiger partial charge is 0.489 e. The zero-order valence-corrected chi connectivity index (χ0v) is 15.0. The maximum Gasteiger partial charge on any atom is 0.240 e. The Hall–Kier alpha value is -1.76. The van der Waals surface area contributed by atoms with Crippen molar-refractivity contribution in [1.82, 2.24) is 5.32 Å². The number of nitrogens with one attached hydrogen (secondary N) is 1. The van der Waals surface area contributed by atoms with Gasteiger partial charge < -0.3 is 10.1 Å². The maximum absolute atomic E-state index is 12.1. The Morgan fingerprint density at radius 2 is 1.96 bits per heavy atom. The molecule has 0 saturated heterocycles. The summed E-state index contributed by atoms with van der Waals surface area (Å²) < 4.78 is 31.0. The number of amides is 1. The summed E-state index contributed by atoms with van der Waals surface area (Å²) in [5, 5.41) is 2.73. The van der Waals surface area contributed by atoms with Crippen molar-refractivity contribution in [3.05, 3.63) is 24.3 Å². The maximum atomic E-state index is 12.1. The van der Waals surface area contributed by atoms with Crippen LogP contribution in [0, 0.1) is 0 Å². The minimum absolute atomic E-state index is 0.101. The van der Waals surface area contributed by atoms with Gasteiger partial charge in [-0.05, 0) is 32.4 Å². The van der Waals surface area contributed by atoms with E-state index in [1.807, 2.05) is 20.8 Å². The zero-order valence-electron chi connectivity index (χ0n) is 14.2. The highest BCUT2D eigenvalue weighted by Gasteiger charge is 2.24. The monoisotopic (exact) mass is 342 g/mol. The predicted molar refractivity (Wildman–Crippen MR) is 92.3 cm³/mol. The molecule has 7 heteroatoms. The molecule has 23 heavy (non-hydrogen) atoms. The fourth-order valence-corrected chi connectivity index (χ4v) is 2.85. The van der Waals surface area contributed by atoms with Gasteiger partial charge in [0, 0.05) is 6.54 Å². The molecule has 0 aliphatic carbocycles. The smallest absolute Gasteiger partial charge is 0.240 e. The average molecular weight is 342 g/mol. The molecule has 6 nitrogen and oxygen atoms in total. The van der Waals surface area contributed by atoms with Gasteiger partial charge in [-0.15, -0.1) is 0 Å². The Kier molecular flexibility index (Phi) is 7.35. The number of ether oxygens (including phenoxy) is 1. The lowest BCUT2D eigenvalue weighted by Crippen LogP contribution is -2.40. The molecule has 0 unspecified atom stereocenters. The van der Waals surface area contributed by atoms with Gasteiger partial charge in [-0.2, -0.15) is 0 Å². The molecule has 1 N–H and O–H groups in total. The second-order valence-corrected chi connectivity index (χ2v) is 7.51. The molecule has 1 aromatic rings. The highest BCUT2D eigenvalue weighted by atomic mass is 32.2. The van der Waals surface area contributed by atoms with Crippen molar-refractivity contribution in [2.75, 3.05) is 23.7 Å². The number of carbonyl (C=O) groups excluding carboxylic acids is 1. The lowest BCUT2D eigenvalue weighted by atomic mass is 10.3. The Labute approximate surface area is 138 Å². The minimum Gasteiger partial charge on any atom is -0.489 e. The number of para-hydroxylation sites is 2. The Morgan fingerprint density at radius 1 is 1.30 bits per heavy atom. The molecule has 0 spiro atoms. The third kappa shape index (κ3) is 6.48. The number of hydrogen-bond acceptors (Lipinski definition) is 4. The van der Waals surface area contributed by atoms with E-state index in [-0.39, 0.29) is 18.6 Å². The minimum atomic E-state index is -3.61. The lowest BCUT2D eigenvalue weighted by molar-refractivity contribution is -0.119. The van der Waals surface area contributed by atoms with Crippen LogP contribution < -0.4 is 14.4 Å². The SMILES string of the molecule is CCCCNC(=O)CN(c1ccccc1OC(C)C)S(C)(=O)=O. The number of hydrogen-bond donors (Lipinski definition) is 1. The summed E-state index contributed by atoms with van der Waals surface area (Å²) in [5.74, 6) is 0.109. The van der Waals surface area contributed by atoms with E-state index in [1.54, 1.807) is 24.3 Å². The van der Waals surface area contributed by atoms with Gasteiger partial charge in [0.25, 0.3) is 0 Å². The number of anilines is 1. The second kappa shape index (κ2) is 8.76. The fraction of sp³-hybridized carbons (Fsp3) is 0.562. The van der Waals surface area contributed by atoms with Gasteiger partial charge >= 0.3 is 0 Å². The molecule has 1 amide bonds. The highest BCUT2D eigenvalue weighted by molar-refractivity contribution is 7.92. The molecular weight excluding hydrogens is 316 g/mol. The molecular formula is C16H26N2O4S. The zero-order chi connectivity index (χ0) is 17.5. The molecule has 0 aliphatic rings. The third-order valence-corrected chi connectivity index (χ3v) is 4.16. The van der Waals surface area contributed by atoms with Crippen LogP contribution >= 0.6 is 0 Å². The molecule has 130 valence electrons. The van der Waals surface area contributed by atoms with Crippen LogP contribution in [0.4, 0.5) is 5.69 Å². The van der Waals surface area contributed by atoms with Crippen LogP contribution in [0.25, 0.3) is 0 Å². The molecule has 0 fully saturated rings. The first-order chi connectivity index (χ1) is 10.8. The second-order valence-electron chi connectivity index (χ2n) is 5.61. The van der Waals surface area contributed by atoms with E-state index in [2.05, 4.69) is 5.32 Å². The number of rotatable bonds is 9. The molecule has 0 aromatic heterocycles. The molecule has 1 aromatic carbocycles. The van der Waals surface area contributed by atoms with Gasteiger partial charge in [0.2, 0.25) is 15.9 Å². The van der Waals surface area contributed by atoms with Crippen molar-refractivity contribution in [2.24, 2.45) is 0 Å². The van der Waals surface area contributed by atoms with E-state index in [4.69, 9.17) is 4.74 Å². The Bertz CT molecular complexity index is 614. The molecule has 0 radical (unpaired) electrons. The summed E-state index contributed by atoms with van der Waals surface area (Å²) in [6.45, 7) is 6.02. The van der Waals surface area contributed by atoms with Gasteiger partial charge in [0.15, 0.2) is 0 Å². The first kappa shape index (κ1) is 19.3. The molecule has 1 rings (SSSR count). The molecule has 0 saturated carbocycles. The number of sulfonamides is 1. The van der Waals surface area contributed by atoms with Crippen LogP contribution in [0.3, 0.4) is 0 Å². The summed E-state index contributed by atoms with van der Waals surface area (Å²) in [5.41, 5.74) is 0.370. The predicted octanol–water partition coefficient (Wildman–Crippen LogP) is 2.16. The number of carbonyl (C=O) groups is 1. The number of benzene rings is 1. The van der Waals surface area contributed by atoms with Gasteiger partial charge in [-0.1, -0.05) is 25.5 Å². The van der Waals surface area contributed by atoms with E-state index in [9.17, 15) is 13.2 Å². The lowest BCUT2D eigenvalue weighted by Gasteiger charge is -2.25. The van der Waals surface area contributed by atoms with E-state index < -0.39 is 10.0 Å². The standard InChI is InChI=1S/C16H26N2O4S/c1-5-6-11-17-16(19)12-18(23(4,20)21)14-9-7-8-10-15(14)22-13(2)3/h7-10,13H,5-6,11-12H2,1-4H3,(H,17,19). The van der Waals surface area contributed by atoms with Crippen molar-refractivity contribution in [3.8, 4) is 5.75 Å². The van der Waals surface area contributed by atoms with Crippen LogP contribution in [0.2, 0.25) is 0 Å². The summed E-state index contributed by atoms with van der Waals surface area (Å²) in [4.78, 5) is 12.0. The van der Waals surface area contributed by atoms with Crippen LogP contribution in [0.1, 0.15) is 33.6 Å². The summed E-state index contributed by atoms with van der Waals surface area (Å²) in [6.07, 6.45) is 2.80. The molecule has 0 heterocycles. The summed E-state index contributed by atoms with van der Waals surface area (Å²) in [7, 11) is -3.61. The van der Waals surface area contributed by atoms with Crippen LogP contribution in [-0.4, -0.2) is 39.8 Å². The van der Waals surface area contributed by atoms with E-state index >= 15 is 0 Å². The van der Waals surface area contributed by atoms with Gasteiger partial charge in [0.1, 0.15) is 12.3 Å². The summed E-state index contributed by atoms with van der Waals surface area (Å²) in [6, 6.07) is 6.82. The van der Waals surface area contributed by atoms with Crippen LogP contribution in [-0.2, 0) is 14.8 Å². The van der Waals surface area contributed by atoms with Crippen molar-refractivity contribution >= 4 is 21.6 Å². The van der Waals surface area contributed by atoms with Gasteiger partial charge in [0.05, 0.1) is 18.0 Å². The fourth-order valence-electron chi connectivity index (χ4n) is 1.99.